The molecule has 0 bridgehead atoms. The first-order chi connectivity index (χ1) is 8.15. The number of carboxylic acid groups (broad SMARTS) is 1. The molecule has 0 aliphatic heterocycles. The minimum atomic E-state index is -1.06. The van der Waals surface area contributed by atoms with Crippen LogP contribution in [0.4, 0.5) is 0 Å². The van der Waals surface area contributed by atoms with E-state index in [1.54, 1.807) is 12.3 Å². The van der Waals surface area contributed by atoms with E-state index < -0.39 is 5.97 Å². The van der Waals surface area contributed by atoms with Crippen LogP contribution in [0.3, 0.4) is 0 Å². The molecule has 2 heterocycles. The van der Waals surface area contributed by atoms with Gasteiger partial charge in [-0.15, -0.1) is 0 Å². The lowest BCUT2D eigenvalue weighted by atomic mass is 10.4. The van der Waals surface area contributed by atoms with E-state index in [-0.39, 0.29) is 5.76 Å². The topological polar surface area (TPSA) is 63.3 Å². The standard InChI is InChI=1S/C11H8BrNO3S/c12-7-1-2-8(13-5-7)6-17-10-4-3-9(16-10)11(14)15/h1-5H,6H2,(H,14,15). The van der Waals surface area contributed by atoms with Crippen molar-refractivity contribution in [1.82, 2.24) is 4.98 Å². The molecule has 0 atom stereocenters. The van der Waals surface area contributed by atoms with Crippen molar-refractivity contribution >= 4 is 33.7 Å². The Bertz CT molecular complexity index is 524. The fourth-order valence-electron chi connectivity index (χ4n) is 1.15. The lowest BCUT2D eigenvalue weighted by Crippen LogP contribution is -1.91. The number of aromatic nitrogens is 1. The third-order valence-corrected chi connectivity index (χ3v) is 3.36. The second-order valence-electron chi connectivity index (χ2n) is 3.18. The fourth-order valence-corrected chi connectivity index (χ4v) is 2.16. The summed E-state index contributed by atoms with van der Waals surface area (Å²) in [6.45, 7) is 0. The summed E-state index contributed by atoms with van der Waals surface area (Å²) in [4.78, 5) is 14.8. The van der Waals surface area contributed by atoms with Gasteiger partial charge in [-0.25, -0.2) is 4.79 Å². The zero-order valence-corrected chi connectivity index (χ0v) is 11.0. The van der Waals surface area contributed by atoms with Crippen LogP contribution in [-0.4, -0.2) is 16.1 Å². The van der Waals surface area contributed by atoms with Gasteiger partial charge in [-0.05, 0) is 40.2 Å². The van der Waals surface area contributed by atoms with Gasteiger partial charge < -0.3 is 9.52 Å². The fraction of sp³-hybridized carbons (Fsp3) is 0.0909. The van der Waals surface area contributed by atoms with E-state index >= 15 is 0 Å². The molecule has 0 aliphatic carbocycles. The Morgan fingerprint density at radius 3 is 2.82 bits per heavy atom. The number of aromatic carboxylic acids is 1. The number of carboxylic acids is 1. The number of rotatable bonds is 4. The average Bonchev–Trinajstić information content (AvgIpc) is 2.77. The molecule has 0 unspecified atom stereocenters. The quantitative estimate of drug-likeness (QED) is 0.876. The summed E-state index contributed by atoms with van der Waals surface area (Å²) < 4.78 is 6.05. The van der Waals surface area contributed by atoms with Gasteiger partial charge in [0.05, 0.1) is 5.69 Å². The smallest absolute Gasteiger partial charge is 0.371 e. The lowest BCUT2D eigenvalue weighted by Gasteiger charge is -1.98. The molecule has 2 aromatic rings. The van der Waals surface area contributed by atoms with Gasteiger partial charge in [0.25, 0.3) is 0 Å². The highest BCUT2D eigenvalue weighted by atomic mass is 79.9. The number of hydrogen-bond acceptors (Lipinski definition) is 4. The van der Waals surface area contributed by atoms with E-state index in [1.807, 2.05) is 12.1 Å². The van der Waals surface area contributed by atoms with Crippen LogP contribution < -0.4 is 0 Å². The van der Waals surface area contributed by atoms with Crippen molar-refractivity contribution < 1.29 is 14.3 Å². The molecule has 4 nitrogen and oxygen atoms in total. The van der Waals surface area contributed by atoms with Gasteiger partial charge in [0.2, 0.25) is 5.76 Å². The highest BCUT2D eigenvalue weighted by Gasteiger charge is 2.09. The summed E-state index contributed by atoms with van der Waals surface area (Å²) in [5.74, 6) is -0.463. The maximum atomic E-state index is 10.6. The molecule has 2 rings (SSSR count). The minimum Gasteiger partial charge on any atom is -0.475 e. The Morgan fingerprint density at radius 2 is 2.24 bits per heavy atom. The number of halogens is 1. The normalized spacial score (nSPS) is 10.4. The summed E-state index contributed by atoms with van der Waals surface area (Å²) in [6, 6.07) is 6.90. The molecule has 17 heavy (non-hydrogen) atoms. The van der Waals surface area contributed by atoms with Gasteiger partial charge in [-0.3, -0.25) is 4.98 Å². The highest BCUT2D eigenvalue weighted by Crippen LogP contribution is 2.24. The van der Waals surface area contributed by atoms with Crippen molar-refractivity contribution in [2.45, 2.75) is 10.8 Å². The van der Waals surface area contributed by atoms with Crippen molar-refractivity contribution in [2.24, 2.45) is 0 Å². The molecule has 1 N–H and O–H groups in total. The number of furan rings is 1. The van der Waals surface area contributed by atoms with Gasteiger partial charge in [-0.1, -0.05) is 11.8 Å². The molecule has 0 aromatic carbocycles. The molecule has 0 fully saturated rings. The minimum absolute atomic E-state index is 0.0451. The summed E-state index contributed by atoms with van der Waals surface area (Å²) >= 11 is 4.72. The summed E-state index contributed by atoms with van der Waals surface area (Å²) in [5, 5.41) is 9.27. The Balaban J connectivity index is 1.97. The Hall–Kier alpha value is -1.27. The summed E-state index contributed by atoms with van der Waals surface area (Å²) in [6.07, 6.45) is 1.72. The van der Waals surface area contributed by atoms with Crippen LogP contribution in [0.25, 0.3) is 0 Å². The molecule has 0 saturated heterocycles. The van der Waals surface area contributed by atoms with Crippen LogP contribution in [0.5, 0.6) is 0 Å². The molecule has 2 aromatic heterocycles. The first-order valence-corrected chi connectivity index (χ1v) is 6.49. The third-order valence-electron chi connectivity index (χ3n) is 1.94. The molecule has 88 valence electrons. The number of carbonyl (C=O) groups is 1. The third kappa shape index (κ3) is 3.34. The number of pyridine rings is 1. The SMILES string of the molecule is O=C(O)c1ccc(SCc2ccc(Br)cn2)o1. The van der Waals surface area contributed by atoms with E-state index in [1.165, 1.54) is 17.8 Å². The molecular weight excluding hydrogens is 306 g/mol. The first-order valence-electron chi connectivity index (χ1n) is 4.71. The van der Waals surface area contributed by atoms with Crippen LogP contribution in [0.15, 0.2) is 44.4 Å². The number of nitrogens with zero attached hydrogens (tertiary/aromatic N) is 1. The first kappa shape index (κ1) is 12.2. The Morgan fingerprint density at radius 1 is 1.41 bits per heavy atom. The second-order valence-corrected chi connectivity index (χ2v) is 5.08. The molecule has 0 spiro atoms. The predicted molar refractivity (Wildman–Crippen MR) is 67.2 cm³/mol. The van der Waals surface area contributed by atoms with Gasteiger partial charge in [-0.2, -0.15) is 0 Å². The lowest BCUT2D eigenvalue weighted by molar-refractivity contribution is 0.0656. The Labute approximate surface area is 110 Å². The van der Waals surface area contributed by atoms with Crippen LogP contribution in [-0.2, 0) is 5.75 Å². The van der Waals surface area contributed by atoms with Crippen molar-refractivity contribution in [3.63, 3.8) is 0 Å². The van der Waals surface area contributed by atoms with Crippen LogP contribution >= 0.6 is 27.7 Å². The maximum absolute atomic E-state index is 10.6. The number of thioether (sulfide) groups is 1. The van der Waals surface area contributed by atoms with Gasteiger partial charge in [0.15, 0.2) is 5.09 Å². The van der Waals surface area contributed by atoms with Crippen molar-refractivity contribution in [3.05, 3.63) is 46.4 Å². The molecule has 0 aliphatic rings. The second kappa shape index (κ2) is 5.37. The van der Waals surface area contributed by atoms with Gasteiger partial charge >= 0.3 is 5.97 Å². The van der Waals surface area contributed by atoms with E-state index in [4.69, 9.17) is 9.52 Å². The molecule has 0 amide bonds. The monoisotopic (exact) mass is 313 g/mol. The summed E-state index contributed by atoms with van der Waals surface area (Å²) in [7, 11) is 0. The zero-order valence-electron chi connectivity index (χ0n) is 8.59. The average molecular weight is 314 g/mol. The van der Waals surface area contributed by atoms with Crippen molar-refractivity contribution in [2.75, 3.05) is 0 Å². The van der Waals surface area contributed by atoms with Crippen LogP contribution in [0.1, 0.15) is 16.2 Å². The molecule has 6 heteroatoms. The van der Waals surface area contributed by atoms with E-state index in [2.05, 4.69) is 20.9 Å². The van der Waals surface area contributed by atoms with E-state index in [0.29, 0.717) is 10.8 Å². The van der Waals surface area contributed by atoms with Crippen molar-refractivity contribution in [1.29, 1.82) is 0 Å². The maximum Gasteiger partial charge on any atom is 0.371 e. The Kier molecular flexibility index (Phi) is 3.86. The van der Waals surface area contributed by atoms with Crippen molar-refractivity contribution in [3.8, 4) is 0 Å². The molecule has 0 radical (unpaired) electrons. The van der Waals surface area contributed by atoms with E-state index in [0.717, 1.165) is 10.2 Å². The van der Waals surface area contributed by atoms with Crippen LogP contribution in [0, 0.1) is 0 Å². The largest absolute Gasteiger partial charge is 0.475 e. The molecular formula is C11H8BrNO3S. The van der Waals surface area contributed by atoms with Crippen LogP contribution in [0.2, 0.25) is 0 Å². The zero-order chi connectivity index (χ0) is 12.3. The number of hydrogen-bond donors (Lipinski definition) is 1. The summed E-state index contributed by atoms with van der Waals surface area (Å²) in [5.41, 5.74) is 0.909. The van der Waals surface area contributed by atoms with Gasteiger partial charge in [0.1, 0.15) is 0 Å². The molecule has 0 saturated carbocycles. The highest BCUT2D eigenvalue weighted by molar-refractivity contribution is 9.10. The predicted octanol–water partition coefficient (Wildman–Crippen LogP) is 3.43. The van der Waals surface area contributed by atoms with Gasteiger partial charge in [0, 0.05) is 16.4 Å². The van der Waals surface area contributed by atoms with E-state index in [9.17, 15) is 4.79 Å².